The highest BCUT2D eigenvalue weighted by molar-refractivity contribution is 5.82. The molecular weight excluding hydrogens is 348 g/mol. The van der Waals surface area contributed by atoms with Gasteiger partial charge in [-0.05, 0) is 68.9 Å². The first kappa shape index (κ1) is 20.6. The van der Waals surface area contributed by atoms with Crippen molar-refractivity contribution in [2.75, 3.05) is 19.7 Å². The summed E-state index contributed by atoms with van der Waals surface area (Å²) in [5.41, 5.74) is 4.53. The minimum atomic E-state index is -0.340. The Morgan fingerprint density at radius 3 is 2.68 bits per heavy atom. The molecule has 1 aromatic carbocycles. The van der Waals surface area contributed by atoms with Crippen LogP contribution in [0.3, 0.4) is 0 Å². The minimum absolute atomic E-state index is 0.340. The summed E-state index contributed by atoms with van der Waals surface area (Å²) in [6, 6.07) is 4.40. The predicted octanol–water partition coefficient (Wildman–Crippen LogP) is 5.71. The molecule has 0 saturated heterocycles. The third-order valence-corrected chi connectivity index (χ3v) is 5.87. The maximum absolute atomic E-state index is 9.43. The molecule has 1 aromatic rings. The van der Waals surface area contributed by atoms with Crippen LogP contribution in [0.5, 0.6) is 11.5 Å². The van der Waals surface area contributed by atoms with Gasteiger partial charge in [-0.25, -0.2) is 0 Å². The lowest BCUT2D eigenvalue weighted by atomic mass is 9.81. The van der Waals surface area contributed by atoms with Crippen molar-refractivity contribution < 1.29 is 9.47 Å². The fourth-order valence-electron chi connectivity index (χ4n) is 4.45. The number of nitrogens with zero attached hydrogens (tertiary/aromatic N) is 2. The van der Waals surface area contributed by atoms with Crippen molar-refractivity contribution >= 4 is 5.57 Å². The monoisotopic (exact) mass is 382 g/mol. The summed E-state index contributed by atoms with van der Waals surface area (Å²) in [6.07, 6.45) is 10.6. The highest BCUT2D eigenvalue weighted by atomic mass is 16.5. The predicted molar refractivity (Wildman–Crippen MR) is 114 cm³/mol. The Balaban J connectivity index is 1.94. The van der Waals surface area contributed by atoms with Crippen LogP contribution < -0.4 is 9.47 Å². The first-order valence-corrected chi connectivity index (χ1v) is 10.9. The molecule has 0 aromatic heterocycles. The minimum Gasteiger partial charge on any atom is -0.493 e. The molecule has 0 fully saturated rings. The average Bonchev–Trinajstić information content (AvgIpc) is 2.67. The number of unbranched alkanes of at least 4 members (excludes halogenated alkanes) is 4. The molecule has 3 rings (SSSR count). The van der Waals surface area contributed by atoms with Gasteiger partial charge in [0.2, 0.25) is 0 Å². The molecule has 0 spiro atoms. The molecule has 0 unspecified atom stereocenters. The number of nitriles is 1. The molecule has 28 heavy (non-hydrogen) atoms. The third kappa shape index (κ3) is 4.29. The highest BCUT2D eigenvalue weighted by Crippen LogP contribution is 2.48. The summed E-state index contributed by atoms with van der Waals surface area (Å²) in [5.74, 6) is 1.82. The van der Waals surface area contributed by atoms with Crippen molar-refractivity contribution in [1.82, 2.24) is 4.90 Å². The van der Waals surface area contributed by atoms with Crippen LogP contribution in [-0.2, 0) is 6.42 Å². The Bertz CT molecular complexity index is 774. The van der Waals surface area contributed by atoms with E-state index in [1.165, 1.54) is 48.8 Å². The van der Waals surface area contributed by atoms with Crippen LogP contribution in [0.4, 0.5) is 0 Å². The van der Waals surface area contributed by atoms with Gasteiger partial charge in [0, 0.05) is 6.54 Å². The Morgan fingerprint density at radius 2 is 1.96 bits per heavy atom. The van der Waals surface area contributed by atoms with E-state index >= 15 is 0 Å². The number of aryl methyl sites for hydroxylation is 1. The lowest BCUT2D eigenvalue weighted by Gasteiger charge is -2.41. The van der Waals surface area contributed by atoms with Gasteiger partial charge in [-0.3, -0.25) is 0 Å². The van der Waals surface area contributed by atoms with Crippen LogP contribution in [-0.4, -0.2) is 30.2 Å². The molecular formula is C24H34N2O2. The Labute approximate surface area is 170 Å². The van der Waals surface area contributed by atoms with Crippen molar-refractivity contribution in [2.45, 2.75) is 78.2 Å². The van der Waals surface area contributed by atoms with Crippen LogP contribution in [0.1, 0.15) is 77.3 Å². The largest absolute Gasteiger partial charge is 0.493 e. The zero-order valence-electron chi connectivity index (χ0n) is 17.9. The van der Waals surface area contributed by atoms with Gasteiger partial charge in [-0.2, -0.15) is 5.26 Å². The second-order valence-corrected chi connectivity index (χ2v) is 8.41. The van der Waals surface area contributed by atoms with Gasteiger partial charge in [-0.15, -0.1) is 0 Å². The number of hydrogen-bond donors (Lipinski definition) is 0. The van der Waals surface area contributed by atoms with Crippen LogP contribution in [0.15, 0.2) is 17.7 Å². The standard InChI is InChI=1S/C24H34N2O2/c1-5-7-8-9-10-11-18-14-21(27-6-2)23-19-16-26(17-25)13-12-20(19)24(3,4)28-22(23)15-18/h14-15H,5-13,16H2,1-4H3. The number of benzene rings is 1. The van der Waals surface area contributed by atoms with E-state index in [1.54, 1.807) is 0 Å². The van der Waals surface area contributed by atoms with E-state index in [0.29, 0.717) is 13.2 Å². The van der Waals surface area contributed by atoms with Gasteiger partial charge < -0.3 is 14.4 Å². The van der Waals surface area contributed by atoms with Crippen molar-refractivity contribution in [1.29, 1.82) is 5.26 Å². The van der Waals surface area contributed by atoms with Crippen LogP contribution in [0.2, 0.25) is 0 Å². The van der Waals surface area contributed by atoms with E-state index in [1.807, 2.05) is 11.8 Å². The van der Waals surface area contributed by atoms with E-state index in [0.717, 1.165) is 36.4 Å². The summed E-state index contributed by atoms with van der Waals surface area (Å²) < 4.78 is 12.6. The molecule has 152 valence electrons. The Kier molecular flexibility index (Phi) is 6.54. The topological polar surface area (TPSA) is 45.5 Å². The van der Waals surface area contributed by atoms with Crippen molar-refractivity contribution in [3.8, 4) is 17.7 Å². The second kappa shape index (κ2) is 8.90. The lowest BCUT2D eigenvalue weighted by molar-refractivity contribution is 0.133. The zero-order chi connectivity index (χ0) is 20.1. The number of rotatable bonds is 8. The summed E-state index contributed by atoms with van der Waals surface area (Å²) in [6.45, 7) is 10.6. The fourth-order valence-corrected chi connectivity index (χ4v) is 4.45. The molecule has 0 aliphatic carbocycles. The Morgan fingerprint density at radius 1 is 1.18 bits per heavy atom. The number of ether oxygens (including phenoxy) is 2. The quantitative estimate of drug-likeness (QED) is 0.427. The molecule has 2 aliphatic rings. The van der Waals surface area contributed by atoms with Crippen LogP contribution in [0, 0.1) is 11.5 Å². The summed E-state index contributed by atoms with van der Waals surface area (Å²) in [5, 5.41) is 9.43. The first-order valence-electron chi connectivity index (χ1n) is 10.9. The summed E-state index contributed by atoms with van der Waals surface area (Å²) >= 11 is 0. The van der Waals surface area contributed by atoms with E-state index in [4.69, 9.17) is 9.47 Å². The summed E-state index contributed by atoms with van der Waals surface area (Å²) in [7, 11) is 0. The van der Waals surface area contributed by atoms with Gasteiger partial charge in [0.1, 0.15) is 17.1 Å². The molecule has 4 heteroatoms. The number of fused-ring (bicyclic) bond motifs is 2. The molecule has 0 atom stereocenters. The third-order valence-electron chi connectivity index (χ3n) is 5.87. The molecule has 2 heterocycles. The maximum atomic E-state index is 9.43. The van der Waals surface area contributed by atoms with Gasteiger partial charge in [0.25, 0.3) is 0 Å². The smallest absolute Gasteiger partial charge is 0.179 e. The number of hydrogen-bond acceptors (Lipinski definition) is 4. The van der Waals surface area contributed by atoms with Crippen LogP contribution >= 0.6 is 0 Å². The fraction of sp³-hybridized carbons (Fsp3) is 0.625. The van der Waals surface area contributed by atoms with Gasteiger partial charge in [0.15, 0.2) is 6.19 Å². The SMILES string of the molecule is CCCCCCCc1cc(OCC)c2c(c1)OC(C)(C)C1=C2CN(C#N)CC1. The molecule has 0 radical (unpaired) electrons. The second-order valence-electron chi connectivity index (χ2n) is 8.41. The molecule has 0 N–H and O–H groups in total. The molecule has 0 saturated carbocycles. The van der Waals surface area contributed by atoms with Crippen LogP contribution in [0.25, 0.3) is 5.57 Å². The van der Waals surface area contributed by atoms with E-state index in [2.05, 4.69) is 39.1 Å². The maximum Gasteiger partial charge on any atom is 0.179 e. The highest BCUT2D eigenvalue weighted by Gasteiger charge is 2.39. The van der Waals surface area contributed by atoms with E-state index in [9.17, 15) is 5.26 Å². The molecule has 0 amide bonds. The van der Waals surface area contributed by atoms with Crippen molar-refractivity contribution in [2.24, 2.45) is 0 Å². The van der Waals surface area contributed by atoms with Crippen molar-refractivity contribution in [3.05, 3.63) is 28.8 Å². The van der Waals surface area contributed by atoms with Gasteiger partial charge >= 0.3 is 0 Å². The lowest BCUT2D eigenvalue weighted by Crippen LogP contribution is -2.41. The first-order chi connectivity index (χ1) is 13.5. The van der Waals surface area contributed by atoms with E-state index < -0.39 is 0 Å². The van der Waals surface area contributed by atoms with Gasteiger partial charge in [-0.1, -0.05) is 32.6 Å². The molecule has 0 bridgehead atoms. The normalized spacial score (nSPS) is 17.5. The van der Waals surface area contributed by atoms with Gasteiger partial charge in [0.05, 0.1) is 18.7 Å². The molecule has 2 aliphatic heterocycles. The van der Waals surface area contributed by atoms with E-state index in [-0.39, 0.29) is 5.60 Å². The molecule has 4 nitrogen and oxygen atoms in total. The Hall–Kier alpha value is -2.15. The summed E-state index contributed by atoms with van der Waals surface area (Å²) in [4.78, 5) is 1.83. The van der Waals surface area contributed by atoms with Crippen molar-refractivity contribution in [3.63, 3.8) is 0 Å². The zero-order valence-corrected chi connectivity index (χ0v) is 17.9. The average molecular weight is 383 g/mol.